The van der Waals surface area contributed by atoms with Crippen LogP contribution in [0.2, 0.25) is 5.02 Å². The second-order valence-corrected chi connectivity index (χ2v) is 7.55. The van der Waals surface area contributed by atoms with Gasteiger partial charge in [0.1, 0.15) is 11.4 Å². The van der Waals surface area contributed by atoms with Crippen LogP contribution >= 0.6 is 11.6 Å². The monoisotopic (exact) mass is 391 g/mol. The quantitative estimate of drug-likeness (QED) is 0.653. The molecule has 0 saturated carbocycles. The second-order valence-electron chi connectivity index (χ2n) is 7.15. The van der Waals surface area contributed by atoms with Crippen LogP contribution in [0.15, 0.2) is 42.5 Å². The highest BCUT2D eigenvalue weighted by atomic mass is 35.5. The summed E-state index contributed by atoms with van der Waals surface area (Å²) in [7, 11) is 1.57. The van der Waals surface area contributed by atoms with Gasteiger partial charge in [-0.2, -0.15) is 0 Å². The van der Waals surface area contributed by atoms with Crippen molar-refractivity contribution >= 4 is 17.7 Å². The van der Waals surface area contributed by atoms with Gasteiger partial charge in [0.25, 0.3) is 0 Å². The number of rotatable bonds is 6. The van der Waals surface area contributed by atoms with E-state index in [4.69, 9.17) is 25.8 Å². The molecule has 2 rings (SSSR count). The largest absolute Gasteiger partial charge is 0.468 e. The number of carbonyl (C=O) groups is 1. The van der Waals surface area contributed by atoms with Crippen molar-refractivity contribution in [3.63, 3.8) is 0 Å². The number of methoxy groups -OCH3 is 1. The molecule has 27 heavy (non-hydrogen) atoms. The lowest BCUT2D eigenvalue weighted by Crippen LogP contribution is -2.34. The predicted molar refractivity (Wildman–Crippen MR) is 107 cm³/mol. The minimum atomic E-state index is -0.562. The Morgan fingerprint density at radius 2 is 1.85 bits per heavy atom. The Morgan fingerprint density at radius 3 is 2.48 bits per heavy atom. The van der Waals surface area contributed by atoms with Crippen molar-refractivity contribution in [3.8, 4) is 16.9 Å². The molecule has 5 nitrogen and oxygen atoms in total. The van der Waals surface area contributed by atoms with E-state index in [1.807, 2.05) is 70.2 Å². The lowest BCUT2D eigenvalue weighted by atomic mass is 9.95. The molecule has 0 fully saturated rings. The van der Waals surface area contributed by atoms with Gasteiger partial charge in [-0.05, 0) is 57.0 Å². The van der Waals surface area contributed by atoms with Crippen LogP contribution in [0.3, 0.4) is 0 Å². The summed E-state index contributed by atoms with van der Waals surface area (Å²) >= 11 is 6.41. The molecule has 0 spiro atoms. The van der Waals surface area contributed by atoms with Crippen LogP contribution in [0, 0.1) is 0 Å². The lowest BCUT2D eigenvalue weighted by molar-refractivity contribution is 0.0508. The van der Waals surface area contributed by atoms with Gasteiger partial charge in [-0.1, -0.05) is 35.9 Å². The average molecular weight is 392 g/mol. The molecule has 2 aromatic carbocycles. The molecule has 146 valence electrons. The zero-order valence-electron chi connectivity index (χ0n) is 16.3. The van der Waals surface area contributed by atoms with Crippen LogP contribution in [-0.2, 0) is 9.47 Å². The molecule has 0 bridgehead atoms. The molecule has 0 aromatic heterocycles. The maximum atomic E-state index is 12.2. The number of benzene rings is 2. The van der Waals surface area contributed by atoms with Crippen LogP contribution in [0.1, 0.15) is 39.3 Å². The average Bonchev–Trinajstić information content (AvgIpc) is 2.58. The summed E-state index contributed by atoms with van der Waals surface area (Å²) in [6.07, 6.45) is -0.472. The van der Waals surface area contributed by atoms with Gasteiger partial charge in [0.05, 0.1) is 6.04 Å². The molecule has 1 unspecified atom stereocenters. The number of alkyl carbamates (subject to hydrolysis) is 1. The molecular formula is C21H26ClNO4. The third-order valence-corrected chi connectivity index (χ3v) is 4.06. The number of carbonyl (C=O) groups excluding carboxylic acids is 1. The number of halogens is 1. The van der Waals surface area contributed by atoms with Crippen LogP contribution in [0.25, 0.3) is 11.1 Å². The number of amides is 1. The Kier molecular flexibility index (Phi) is 7.11. The second kappa shape index (κ2) is 9.11. The van der Waals surface area contributed by atoms with Gasteiger partial charge in [0, 0.05) is 17.7 Å². The molecule has 2 aromatic rings. The fourth-order valence-corrected chi connectivity index (χ4v) is 2.84. The van der Waals surface area contributed by atoms with Crippen LogP contribution < -0.4 is 10.1 Å². The normalized spacial score (nSPS) is 12.4. The van der Waals surface area contributed by atoms with Gasteiger partial charge in [0.15, 0.2) is 6.79 Å². The number of ether oxygens (including phenoxy) is 3. The van der Waals surface area contributed by atoms with Gasteiger partial charge in [0.2, 0.25) is 0 Å². The Bertz CT molecular complexity index is 786. The Balaban J connectivity index is 2.37. The molecule has 0 aliphatic rings. The lowest BCUT2D eigenvalue weighted by Gasteiger charge is -2.23. The number of hydrogen-bond acceptors (Lipinski definition) is 4. The topological polar surface area (TPSA) is 56.8 Å². The summed E-state index contributed by atoms with van der Waals surface area (Å²) in [5, 5.41) is 3.49. The van der Waals surface area contributed by atoms with E-state index in [0.717, 1.165) is 16.7 Å². The van der Waals surface area contributed by atoms with Crippen LogP contribution in [0.5, 0.6) is 5.75 Å². The van der Waals surface area contributed by atoms with Crippen molar-refractivity contribution in [1.82, 2.24) is 5.32 Å². The highest BCUT2D eigenvalue weighted by Crippen LogP contribution is 2.36. The molecule has 0 saturated heterocycles. The number of hydrogen-bond donors (Lipinski definition) is 1. The van der Waals surface area contributed by atoms with E-state index in [1.54, 1.807) is 7.11 Å². The predicted octanol–water partition coefficient (Wildman–Crippen LogP) is 5.58. The summed E-state index contributed by atoms with van der Waals surface area (Å²) in [6, 6.07) is 12.9. The molecule has 1 N–H and O–H groups in total. The van der Waals surface area contributed by atoms with E-state index >= 15 is 0 Å². The van der Waals surface area contributed by atoms with E-state index in [9.17, 15) is 4.79 Å². The molecule has 0 aliphatic carbocycles. The van der Waals surface area contributed by atoms with E-state index < -0.39 is 11.7 Å². The smallest absolute Gasteiger partial charge is 0.408 e. The van der Waals surface area contributed by atoms with E-state index in [1.165, 1.54) is 0 Å². The zero-order chi connectivity index (χ0) is 20.0. The third-order valence-electron chi connectivity index (χ3n) is 3.73. The minimum Gasteiger partial charge on any atom is -0.468 e. The Morgan fingerprint density at radius 1 is 1.15 bits per heavy atom. The summed E-state index contributed by atoms with van der Waals surface area (Å²) in [5.74, 6) is 0.653. The first-order chi connectivity index (χ1) is 12.7. The molecule has 1 atom stereocenters. The van der Waals surface area contributed by atoms with Crippen molar-refractivity contribution < 1.29 is 19.0 Å². The highest BCUT2D eigenvalue weighted by Gasteiger charge is 2.21. The molecular weight excluding hydrogens is 366 g/mol. The zero-order valence-corrected chi connectivity index (χ0v) is 17.1. The van der Waals surface area contributed by atoms with E-state index in [-0.39, 0.29) is 12.8 Å². The third kappa shape index (κ3) is 6.15. The molecule has 0 radical (unpaired) electrons. The first-order valence-electron chi connectivity index (χ1n) is 8.71. The van der Waals surface area contributed by atoms with Crippen molar-refractivity contribution in [3.05, 3.63) is 53.1 Å². The molecule has 0 aliphatic heterocycles. The highest BCUT2D eigenvalue weighted by molar-refractivity contribution is 6.33. The van der Waals surface area contributed by atoms with Crippen molar-refractivity contribution in [2.24, 2.45) is 0 Å². The van der Waals surface area contributed by atoms with Crippen LogP contribution in [0.4, 0.5) is 4.79 Å². The first-order valence-corrected chi connectivity index (χ1v) is 9.09. The number of nitrogens with one attached hydrogen (secondary N) is 1. The first kappa shape index (κ1) is 21.1. The fourth-order valence-electron chi connectivity index (χ4n) is 2.60. The summed E-state index contributed by atoms with van der Waals surface area (Å²) < 4.78 is 15.9. The standard InChI is InChI=1S/C21H26ClNO4/c1-14(23-20(24)27-21(2,3)4)16-11-10-15(26-13-25-5)12-18(16)17-8-6-7-9-19(17)22/h6-12,14H,13H2,1-5H3,(H,23,24). The molecule has 1 amide bonds. The maximum absolute atomic E-state index is 12.2. The fraction of sp³-hybridized carbons (Fsp3) is 0.381. The van der Waals surface area contributed by atoms with Crippen molar-refractivity contribution in [1.29, 1.82) is 0 Å². The van der Waals surface area contributed by atoms with Crippen molar-refractivity contribution in [2.45, 2.75) is 39.3 Å². The van der Waals surface area contributed by atoms with Gasteiger partial charge in [-0.15, -0.1) is 0 Å². The van der Waals surface area contributed by atoms with Gasteiger partial charge < -0.3 is 19.5 Å². The van der Waals surface area contributed by atoms with Gasteiger partial charge in [-0.3, -0.25) is 0 Å². The van der Waals surface area contributed by atoms with Gasteiger partial charge in [-0.25, -0.2) is 4.79 Å². The van der Waals surface area contributed by atoms with Gasteiger partial charge >= 0.3 is 6.09 Å². The maximum Gasteiger partial charge on any atom is 0.408 e. The van der Waals surface area contributed by atoms with Crippen molar-refractivity contribution in [2.75, 3.05) is 13.9 Å². The Labute approximate surface area is 165 Å². The van der Waals surface area contributed by atoms with Crippen LogP contribution in [-0.4, -0.2) is 25.6 Å². The molecule has 0 heterocycles. The Hall–Kier alpha value is -2.24. The molecule has 6 heteroatoms. The summed E-state index contributed by atoms with van der Waals surface area (Å²) in [6.45, 7) is 7.53. The summed E-state index contributed by atoms with van der Waals surface area (Å²) in [5.41, 5.74) is 2.07. The summed E-state index contributed by atoms with van der Waals surface area (Å²) in [4.78, 5) is 12.2. The van der Waals surface area contributed by atoms with E-state index in [0.29, 0.717) is 10.8 Å². The van der Waals surface area contributed by atoms with E-state index in [2.05, 4.69) is 5.32 Å². The minimum absolute atomic E-state index is 0.146. The SMILES string of the molecule is COCOc1ccc(C(C)NC(=O)OC(C)(C)C)c(-c2ccccc2Cl)c1.